The molecule has 29 heavy (non-hydrogen) atoms. The molecule has 1 aromatic carbocycles. The van der Waals surface area contributed by atoms with Gasteiger partial charge in [0, 0.05) is 17.9 Å². The maximum atomic E-state index is 14.8. The molecule has 12 heteroatoms. The molecule has 150 valence electrons. The smallest absolute Gasteiger partial charge is 0.414 e. The Labute approximate surface area is 168 Å². The van der Waals surface area contributed by atoms with E-state index < -0.39 is 18.0 Å². The Morgan fingerprint density at radius 1 is 1.45 bits per heavy atom. The Hall–Kier alpha value is -3.41. The monoisotopic (exact) mass is 417 g/mol. The largest absolute Gasteiger partial charge is 0.442 e. The molecule has 3 heterocycles. The lowest BCUT2D eigenvalue weighted by Crippen LogP contribution is -2.33. The molecule has 0 radical (unpaired) electrons. The lowest BCUT2D eigenvalue weighted by Gasteiger charge is -2.14. The van der Waals surface area contributed by atoms with Gasteiger partial charge in [0.05, 0.1) is 25.8 Å². The van der Waals surface area contributed by atoms with Crippen molar-refractivity contribution in [3.05, 3.63) is 29.4 Å². The third kappa shape index (κ3) is 3.92. The Bertz CT molecular complexity index is 1080. The van der Waals surface area contributed by atoms with Crippen LogP contribution in [0.1, 0.15) is 6.92 Å². The zero-order chi connectivity index (χ0) is 20.5. The van der Waals surface area contributed by atoms with E-state index in [0.29, 0.717) is 27.8 Å². The fourth-order valence-corrected chi connectivity index (χ4v) is 3.65. The van der Waals surface area contributed by atoms with Gasteiger partial charge in [-0.15, -0.1) is 21.5 Å². The number of carbonyl (C=O) groups excluding carboxylic acids is 2. The number of aromatic nitrogens is 5. The normalized spacial score (nSPS) is 16.2. The highest BCUT2D eigenvalue weighted by atomic mass is 32.1. The van der Waals surface area contributed by atoms with Gasteiger partial charge < -0.3 is 10.1 Å². The summed E-state index contributed by atoms with van der Waals surface area (Å²) in [5.74, 6) is -0.375. The van der Waals surface area contributed by atoms with Crippen LogP contribution in [-0.2, 0) is 16.6 Å². The quantitative estimate of drug-likeness (QED) is 0.670. The highest BCUT2D eigenvalue weighted by Gasteiger charge is 2.32. The Morgan fingerprint density at radius 3 is 2.97 bits per heavy atom. The molecule has 2 aromatic heterocycles. The molecule has 4 rings (SSSR count). The second kappa shape index (κ2) is 7.54. The number of aryl methyl sites for hydroxylation is 1. The van der Waals surface area contributed by atoms with Gasteiger partial charge in [-0.25, -0.2) is 14.2 Å². The Kier molecular flexibility index (Phi) is 4.92. The summed E-state index contributed by atoms with van der Waals surface area (Å²) < 4.78 is 20.0. The zero-order valence-corrected chi connectivity index (χ0v) is 16.3. The number of hydrogen-bond acceptors (Lipinski definition) is 8. The molecular weight excluding hydrogens is 401 g/mol. The SMILES string of the molecule is CC(=O)NCC1CN(c2ccc(-c3nc(-c4nnn(C)n4)cs3)c(F)c2)C(=O)O1. The number of hydrogen-bond donors (Lipinski definition) is 1. The number of amides is 2. The second-order valence-electron chi connectivity index (χ2n) is 6.36. The molecular formula is C17H16FN7O3S. The second-order valence-corrected chi connectivity index (χ2v) is 7.22. The molecule has 1 saturated heterocycles. The molecule has 10 nitrogen and oxygen atoms in total. The van der Waals surface area contributed by atoms with E-state index in [0.717, 1.165) is 0 Å². The predicted octanol–water partition coefficient (Wildman–Crippen LogP) is 1.60. The lowest BCUT2D eigenvalue weighted by atomic mass is 10.2. The number of carbonyl (C=O) groups is 2. The fourth-order valence-electron chi connectivity index (χ4n) is 2.83. The van der Waals surface area contributed by atoms with Crippen LogP contribution in [-0.4, -0.2) is 56.4 Å². The van der Waals surface area contributed by atoms with Crippen molar-refractivity contribution >= 4 is 29.0 Å². The van der Waals surface area contributed by atoms with Crippen LogP contribution in [0.15, 0.2) is 23.6 Å². The number of halogens is 1. The molecule has 2 amide bonds. The summed E-state index contributed by atoms with van der Waals surface area (Å²) in [6.45, 7) is 1.81. The van der Waals surface area contributed by atoms with Gasteiger partial charge in [-0.2, -0.15) is 4.80 Å². The van der Waals surface area contributed by atoms with Gasteiger partial charge >= 0.3 is 6.09 Å². The van der Waals surface area contributed by atoms with E-state index in [2.05, 4.69) is 25.7 Å². The summed E-state index contributed by atoms with van der Waals surface area (Å²) >= 11 is 1.26. The maximum absolute atomic E-state index is 14.8. The summed E-state index contributed by atoms with van der Waals surface area (Å²) in [4.78, 5) is 30.1. The van der Waals surface area contributed by atoms with Crippen LogP contribution < -0.4 is 10.2 Å². The first kappa shape index (κ1) is 18.9. The molecule has 0 saturated carbocycles. The van der Waals surface area contributed by atoms with Gasteiger partial charge in [0.2, 0.25) is 11.7 Å². The van der Waals surface area contributed by atoms with Gasteiger partial charge in [0.25, 0.3) is 0 Å². The van der Waals surface area contributed by atoms with E-state index in [-0.39, 0.29) is 19.0 Å². The minimum Gasteiger partial charge on any atom is -0.442 e. The molecule has 1 atom stereocenters. The molecule has 1 aliphatic heterocycles. The van der Waals surface area contributed by atoms with Crippen molar-refractivity contribution < 1.29 is 18.7 Å². The molecule has 1 fully saturated rings. The first-order chi connectivity index (χ1) is 13.9. The number of benzene rings is 1. The third-order valence-corrected chi connectivity index (χ3v) is 5.06. The maximum Gasteiger partial charge on any atom is 0.414 e. The standard InChI is InChI=1S/C17H16FN7O3S/c1-9(26)19-6-11-7-25(17(27)28-11)10-3-4-12(13(18)5-10)16-20-14(8-29-16)15-21-23-24(2)22-15/h3-5,8,11H,6-7H2,1-2H3,(H,19,26). The molecule has 0 spiro atoms. The Balaban J connectivity index is 1.52. The van der Waals surface area contributed by atoms with E-state index in [1.807, 2.05) is 0 Å². The molecule has 1 unspecified atom stereocenters. The number of tetrazole rings is 1. The minimum atomic E-state index is -0.585. The van der Waals surface area contributed by atoms with Crippen molar-refractivity contribution in [3.63, 3.8) is 0 Å². The number of rotatable bonds is 5. The summed E-state index contributed by atoms with van der Waals surface area (Å²) in [7, 11) is 1.65. The first-order valence-electron chi connectivity index (χ1n) is 8.63. The number of ether oxygens (including phenoxy) is 1. The zero-order valence-electron chi connectivity index (χ0n) is 15.5. The number of anilines is 1. The highest BCUT2D eigenvalue weighted by Crippen LogP contribution is 2.32. The van der Waals surface area contributed by atoms with Crippen molar-refractivity contribution in [2.45, 2.75) is 13.0 Å². The van der Waals surface area contributed by atoms with E-state index in [1.165, 1.54) is 34.0 Å². The fraction of sp³-hybridized carbons (Fsp3) is 0.294. The van der Waals surface area contributed by atoms with Crippen LogP contribution in [0.5, 0.6) is 0 Å². The summed E-state index contributed by atoms with van der Waals surface area (Å²) in [5, 5.41) is 16.5. The van der Waals surface area contributed by atoms with Crippen LogP contribution in [0.2, 0.25) is 0 Å². The van der Waals surface area contributed by atoms with Gasteiger partial charge in [0.1, 0.15) is 22.6 Å². The van der Waals surface area contributed by atoms with Gasteiger partial charge in [0.15, 0.2) is 0 Å². The summed E-state index contributed by atoms with van der Waals surface area (Å²) in [6, 6.07) is 4.45. The van der Waals surface area contributed by atoms with Gasteiger partial charge in [-0.05, 0) is 23.4 Å². The van der Waals surface area contributed by atoms with Crippen molar-refractivity contribution in [3.8, 4) is 22.1 Å². The van der Waals surface area contributed by atoms with Crippen LogP contribution in [0.25, 0.3) is 22.1 Å². The average Bonchev–Trinajstić information content (AvgIpc) is 3.39. The molecule has 3 aromatic rings. The Morgan fingerprint density at radius 2 is 2.28 bits per heavy atom. The summed E-state index contributed by atoms with van der Waals surface area (Å²) in [5.41, 5.74) is 1.18. The number of thiazole rings is 1. The molecule has 0 aliphatic carbocycles. The molecule has 0 bridgehead atoms. The van der Waals surface area contributed by atoms with Crippen molar-refractivity contribution in [1.82, 2.24) is 30.5 Å². The van der Waals surface area contributed by atoms with Crippen LogP contribution in [0, 0.1) is 5.82 Å². The average molecular weight is 417 g/mol. The molecule has 1 N–H and O–H groups in total. The van der Waals surface area contributed by atoms with Crippen molar-refractivity contribution in [2.24, 2.45) is 7.05 Å². The summed E-state index contributed by atoms with van der Waals surface area (Å²) in [6.07, 6.45) is -1.08. The number of nitrogens with zero attached hydrogens (tertiary/aromatic N) is 6. The molecule has 1 aliphatic rings. The van der Waals surface area contributed by atoms with Crippen LogP contribution in [0.3, 0.4) is 0 Å². The minimum absolute atomic E-state index is 0.205. The predicted molar refractivity (Wildman–Crippen MR) is 102 cm³/mol. The van der Waals surface area contributed by atoms with E-state index >= 15 is 0 Å². The van der Waals surface area contributed by atoms with Gasteiger partial charge in [-0.3, -0.25) is 9.69 Å². The van der Waals surface area contributed by atoms with E-state index in [9.17, 15) is 14.0 Å². The van der Waals surface area contributed by atoms with Crippen LogP contribution in [0.4, 0.5) is 14.9 Å². The van der Waals surface area contributed by atoms with Crippen molar-refractivity contribution in [2.75, 3.05) is 18.0 Å². The highest BCUT2D eigenvalue weighted by molar-refractivity contribution is 7.13. The van der Waals surface area contributed by atoms with E-state index in [1.54, 1.807) is 24.6 Å². The van der Waals surface area contributed by atoms with Crippen LogP contribution >= 0.6 is 11.3 Å². The van der Waals surface area contributed by atoms with Crippen molar-refractivity contribution in [1.29, 1.82) is 0 Å². The van der Waals surface area contributed by atoms with Gasteiger partial charge in [-0.1, -0.05) is 0 Å². The number of nitrogens with one attached hydrogen (secondary N) is 1. The third-order valence-electron chi connectivity index (χ3n) is 4.19. The van der Waals surface area contributed by atoms with E-state index in [4.69, 9.17) is 4.74 Å². The topological polar surface area (TPSA) is 115 Å². The first-order valence-corrected chi connectivity index (χ1v) is 9.51. The number of cyclic esters (lactones) is 1. The lowest BCUT2D eigenvalue weighted by molar-refractivity contribution is -0.119.